The predicted octanol–water partition coefficient (Wildman–Crippen LogP) is 4.26. The second-order valence-corrected chi connectivity index (χ2v) is 5.67. The summed E-state index contributed by atoms with van der Waals surface area (Å²) in [6.45, 7) is 0. The van der Waals surface area contributed by atoms with Crippen molar-refractivity contribution < 1.29 is 4.79 Å². The van der Waals surface area contributed by atoms with E-state index in [4.69, 9.17) is 11.6 Å². The zero-order valence-corrected chi connectivity index (χ0v) is 13.3. The minimum Gasteiger partial charge on any atom is -0.321 e. The van der Waals surface area contributed by atoms with Gasteiger partial charge in [0.25, 0.3) is 5.91 Å². The number of benzene rings is 2. The Hall–Kier alpha value is -2.11. The number of anilines is 1. The van der Waals surface area contributed by atoms with Crippen LogP contribution in [0.2, 0.25) is 5.15 Å². The number of thioether (sulfide) groups is 1. The molecule has 3 rings (SSSR count). The monoisotopic (exact) mass is 329 g/mol. The predicted molar refractivity (Wildman–Crippen MR) is 90.7 cm³/mol. The van der Waals surface area contributed by atoms with Gasteiger partial charge >= 0.3 is 0 Å². The van der Waals surface area contributed by atoms with E-state index in [1.807, 2.05) is 48.7 Å². The first-order chi connectivity index (χ1) is 10.7. The average molecular weight is 330 g/mol. The highest BCUT2D eigenvalue weighted by Crippen LogP contribution is 2.24. The van der Waals surface area contributed by atoms with Crippen LogP contribution in [0.15, 0.2) is 53.8 Å². The SMILES string of the molecule is CSc1ncc(C(=O)Nc2cccc3ccccc23)c(Cl)n1. The summed E-state index contributed by atoms with van der Waals surface area (Å²) in [5, 5.41) is 5.58. The Bertz CT molecular complexity index is 848. The lowest BCUT2D eigenvalue weighted by molar-refractivity contribution is 0.102. The molecule has 0 saturated carbocycles. The quantitative estimate of drug-likeness (QED) is 0.443. The van der Waals surface area contributed by atoms with Crippen LogP contribution in [0.5, 0.6) is 0 Å². The second kappa shape index (κ2) is 6.34. The Balaban J connectivity index is 1.93. The third-order valence-electron chi connectivity index (χ3n) is 3.19. The normalized spacial score (nSPS) is 10.6. The van der Waals surface area contributed by atoms with Crippen LogP contribution < -0.4 is 5.32 Å². The number of halogens is 1. The van der Waals surface area contributed by atoms with Gasteiger partial charge in [-0.3, -0.25) is 4.79 Å². The number of aromatic nitrogens is 2. The molecule has 0 atom stereocenters. The van der Waals surface area contributed by atoms with Gasteiger partial charge in [-0.1, -0.05) is 59.8 Å². The van der Waals surface area contributed by atoms with Crippen LogP contribution in [-0.2, 0) is 0 Å². The van der Waals surface area contributed by atoms with Gasteiger partial charge in [0.15, 0.2) is 5.16 Å². The number of carbonyl (C=O) groups is 1. The Kier molecular flexibility index (Phi) is 4.27. The number of hydrogen-bond acceptors (Lipinski definition) is 4. The lowest BCUT2D eigenvalue weighted by atomic mass is 10.1. The molecule has 3 aromatic rings. The molecule has 4 nitrogen and oxygen atoms in total. The van der Waals surface area contributed by atoms with Gasteiger partial charge in [-0.2, -0.15) is 0 Å². The fourth-order valence-electron chi connectivity index (χ4n) is 2.12. The van der Waals surface area contributed by atoms with Gasteiger partial charge in [-0.15, -0.1) is 0 Å². The highest BCUT2D eigenvalue weighted by molar-refractivity contribution is 7.98. The Morgan fingerprint density at radius 3 is 2.73 bits per heavy atom. The van der Waals surface area contributed by atoms with Crippen LogP contribution in [0.25, 0.3) is 10.8 Å². The molecular formula is C16H12ClN3OS. The highest BCUT2D eigenvalue weighted by atomic mass is 35.5. The number of fused-ring (bicyclic) bond motifs is 1. The summed E-state index contributed by atoms with van der Waals surface area (Å²) in [6, 6.07) is 13.6. The van der Waals surface area contributed by atoms with Crippen molar-refractivity contribution in [3.63, 3.8) is 0 Å². The van der Waals surface area contributed by atoms with Crippen molar-refractivity contribution in [2.45, 2.75) is 5.16 Å². The van der Waals surface area contributed by atoms with Gasteiger partial charge in [-0.05, 0) is 17.7 Å². The van der Waals surface area contributed by atoms with E-state index in [1.165, 1.54) is 18.0 Å². The smallest absolute Gasteiger partial charge is 0.260 e. The van der Waals surface area contributed by atoms with E-state index < -0.39 is 0 Å². The van der Waals surface area contributed by atoms with Crippen LogP contribution in [-0.4, -0.2) is 22.1 Å². The van der Waals surface area contributed by atoms with Crippen molar-refractivity contribution in [3.8, 4) is 0 Å². The third kappa shape index (κ3) is 2.91. The molecule has 0 bridgehead atoms. The number of carbonyl (C=O) groups excluding carboxylic acids is 1. The van der Waals surface area contributed by atoms with E-state index in [2.05, 4.69) is 15.3 Å². The van der Waals surface area contributed by atoms with Crippen LogP contribution in [0.1, 0.15) is 10.4 Å². The summed E-state index contributed by atoms with van der Waals surface area (Å²) in [4.78, 5) is 20.6. The summed E-state index contributed by atoms with van der Waals surface area (Å²) >= 11 is 7.43. The van der Waals surface area contributed by atoms with E-state index >= 15 is 0 Å². The molecule has 0 radical (unpaired) electrons. The fourth-order valence-corrected chi connectivity index (χ4v) is 2.73. The highest BCUT2D eigenvalue weighted by Gasteiger charge is 2.14. The van der Waals surface area contributed by atoms with Crippen LogP contribution in [0, 0.1) is 0 Å². The standard InChI is InChI=1S/C16H12ClN3OS/c1-22-16-18-9-12(14(17)20-16)15(21)19-13-8-4-6-10-5-2-3-7-11(10)13/h2-9H,1H3,(H,19,21). The lowest BCUT2D eigenvalue weighted by Gasteiger charge is -2.09. The summed E-state index contributed by atoms with van der Waals surface area (Å²) in [6.07, 6.45) is 3.29. The van der Waals surface area contributed by atoms with Crippen molar-refractivity contribution >= 4 is 45.7 Å². The van der Waals surface area contributed by atoms with E-state index in [-0.39, 0.29) is 16.6 Å². The van der Waals surface area contributed by atoms with Crippen LogP contribution in [0.4, 0.5) is 5.69 Å². The Morgan fingerprint density at radius 2 is 1.95 bits per heavy atom. The minimum atomic E-state index is -0.325. The number of nitrogens with one attached hydrogen (secondary N) is 1. The first-order valence-corrected chi connectivity index (χ1v) is 8.15. The maximum atomic E-state index is 12.4. The molecule has 0 fully saturated rings. The van der Waals surface area contributed by atoms with E-state index in [0.717, 1.165) is 16.5 Å². The maximum Gasteiger partial charge on any atom is 0.260 e. The maximum absolute atomic E-state index is 12.4. The summed E-state index contributed by atoms with van der Waals surface area (Å²) in [5.41, 5.74) is 0.987. The van der Waals surface area contributed by atoms with E-state index in [0.29, 0.717) is 5.16 Å². The Labute approximate surface area is 136 Å². The van der Waals surface area contributed by atoms with Crippen molar-refractivity contribution in [3.05, 3.63) is 59.4 Å². The molecule has 1 aromatic heterocycles. The van der Waals surface area contributed by atoms with Gasteiger partial charge < -0.3 is 5.32 Å². The van der Waals surface area contributed by atoms with Crippen LogP contribution in [0.3, 0.4) is 0 Å². The number of amides is 1. The fraction of sp³-hybridized carbons (Fsp3) is 0.0625. The largest absolute Gasteiger partial charge is 0.321 e. The summed E-state index contributed by atoms with van der Waals surface area (Å²) in [5.74, 6) is -0.325. The van der Waals surface area contributed by atoms with Gasteiger partial charge in [-0.25, -0.2) is 9.97 Å². The summed E-state index contributed by atoms with van der Waals surface area (Å²) in [7, 11) is 0. The van der Waals surface area contributed by atoms with Crippen molar-refractivity contribution in [2.75, 3.05) is 11.6 Å². The van der Waals surface area contributed by atoms with Crippen molar-refractivity contribution in [1.82, 2.24) is 9.97 Å². The van der Waals surface area contributed by atoms with Crippen molar-refractivity contribution in [2.24, 2.45) is 0 Å². The molecule has 0 unspecified atom stereocenters. The lowest BCUT2D eigenvalue weighted by Crippen LogP contribution is -2.14. The van der Waals surface area contributed by atoms with Gasteiger partial charge in [0, 0.05) is 17.3 Å². The molecule has 0 aliphatic heterocycles. The molecule has 6 heteroatoms. The molecule has 0 spiro atoms. The number of nitrogens with zero attached hydrogens (tertiary/aromatic N) is 2. The second-order valence-electron chi connectivity index (χ2n) is 4.54. The topological polar surface area (TPSA) is 54.9 Å². The minimum absolute atomic E-state index is 0.150. The van der Waals surface area contributed by atoms with E-state index in [1.54, 1.807) is 0 Å². The molecule has 1 amide bonds. The molecule has 0 saturated heterocycles. The first-order valence-electron chi connectivity index (χ1n) is 6.54. The molecule has 0 aliphatic carbocycles. The molecule has 1 heterocycles. The molecule has 1 N–H and O–H groups in total. The summed E-state index contributed by atoms with van der Waals surface area (Å²) < 4.78 is 0. The van der Waals surface area contributed by atoms with Crippen molar-refractivity contribution in [1.29, 1.82) is 0 Å². The van der Waals surface area contributed by atoms with Gasteiger partial charge in [0.1, 0.15) is 5.15 Å². The van der Waals surface area contributed by atoms with E-state index in [9.17, 15) is 4.79 Å². The molecule has 2 aromatic carbocycles. The third-order valence-corrected chi connectivity index (χ3v) is 4.04. The number of hydrogen-bond donors (Lipinski definition) is 1. The molecule has 0 aliphatic rings. The average Bonchev–Trinajstić information content (AvgIpc) is 2.55. The first kappa shape index (κ1) is 14.8. The molecular weight excluding hydrogens is 318 g/mol. The zero-order valence-electron chi connectivity index (χ0n) is 11.7. The Morgan fingerprint density at radius 1 is 1.18 bits per heavy atom. The molecule has 110 valence electrons. The number of rotatable bonds is 3. The van der Waals surface area contributed by atoms with Gasteiger partial charge in [0.05, 0.1) is 5.56 Å². The van der Waals surface area contributed by atoms with Gasteiger partial charge in [0.2, 0.25) is 0 Å². The zero-order chi connectivity index (χ0) is 15.5. The van der Waals surface area contributed by atoms with Crippen LogP contribution >= 0.6 is 23.4 Å². The molecule has 22 heavy (non-hydrogen) atoms.